The van der Waals surface area contributed by atoms with E-state index < -0.39 is 11.9 Å². The predicted molar refractivity (Wildman–Crippen MR) is 102 cm³/mol. The van der Waals surface area contributed by atoms with Gasteiger partial charge in [-0.1, -0.05) is 24.3 Å². The third kappa shape index (κ3) is 4.19. The van der Waals surface area contributed by atoms with Gasteiger partial charge in [-0.25, -0.2) is 9.97 Å². The summed E-state index contributed by atoms with van der Waals surface area (Å²) in [7, 11) is 3.28. The number of nitrogens with zero attached hydrogens (tertiary/aromatic N) is 4. The summed E-state index contributed by atoms with van der Waals surface area (Å²) in [6.45, 7) is 1.94. The summed E-state index contributed by atoms with van der Waals surface area (Å²) >= 11 is 5.86. The average Bonchev–Trinajstić information content (AvgIpc) is 3.04. The standard InChI is InChI=1S/C18H18ClF3N6/c1-10(25-15-13(23-2)8-24-17(19)27-15)11-4-6-12(7-5-11)16-26-14(9-28(16)3)18(20,21)22/h4-10,23H,1-3H3,(H,24,25,27)/t10-/m1/s1. The van der Waals surface area contributed by atoms with E-state index in [9.17, 15) is 13.2 Å². The van der Waals surface area contributed by atoms with Crippen molar-refractivity contribution in [2.24, 2.45) is 7.05 Å². The Morgan fingerprint density at radius 2 is 1.82 bits per heavy atom. The van der Waals surface area contributed by atoms with Gasteiger partial charge in [-0.05, 0) is 24.1 Å². The molecule has 0 saturated heterocycles. The second-order valence-corrected chi connectivity index (χ2v) is 6.54. The van der Waals surface area contributed by atoms with Crippen molar-refractivity contribution in [3.05, 3.63) is 53.2 Å². The molecule has 1 aromatic carbocycles. The van der Waals surface area contributed by atoms with Gasteiger partial charge in [0.15, 0.2) is 11.5 Å². The number of hydrogen-bond donors (Lipinski definition) is 2. The molecular weight excluding hydrogens is 393 g/mol. The van der Waals surface area contributed by atoms with Crippen molar-refractivity contribution in [1.82, 2.24) is 19.5 Å². The lowest BCUT2D eigenvalue weighted by Crippen LogP contribution is -2.10. The van der Waals surface area contributed by atoms with Crippen molar-refractivity contribution in [1.29, 1.82) is 0 Å². The fraction of sp³-hybridized carbons (Fsp3) is 0.278. The molecule has 0 fully saturated rings. The van der Waals surface area contributed by atoms with Crippen LogP contribution in [0.3, 0.4) is 0 Å². The van der Waals surface area contributed by atoms with Gasteiger partial charge in [-0.15, -0.1) is 0 Å². The molecule has 0 aliphatic heterocycles. The Kier molecular flexibility index (Phi) is 5.46. The number of hydrogen-bond acceptors (Lipinski definition) is 5. The molecule has 3 rings (SSSR count). The number of anilines is 2. The first kappa shape index (κ1) is 19.9. The van der Waals surface area contributed by atoms with Gasteiger partial charge >= 0.3 is 6.18 Å². The van der Waals surface area contributed by atoms with E-state index in [4.69, 9.17) is 11.6 Å². The average molecular weight is 411 g/mol. The molecule has 0 spiro atoms. The van der Waals surface area contributed by atoms with Crippen LogP contribution in [0.1, 0.15) is 24.2 Å². The second-order valence-electron chi connectivity index (χ2n) is 6.20. The van der Waals surface area contributed by atoms with Gasteiger partial charge < -0.3 is 15.2 Å². The van der Waals surface area contributed by atoms with E-state index in [-0.39, 0.29) is 17.1 Å². The fourth-order valence-electron chi connectivity index (χ4n) is 2.73. The quantitative estimate of drug-likeness (QED) is 0.593. The van der Waals surface area contributed by atoms with Gasteiger partial charge in [0.25, 0.3) is 0 Å². The number of halogens is 4. The lowest BCUT2D eigenvalue weighted by atomic mass is 10.1. The third-order valence-electron chi connectivity index (χ3n) is 4.22. The number of nitrogens with one attached hydrogen (secondary N) is 2. The largest absolute Gasteiger partial charge is 0.434 e. The van der Waals surface area contributed by atoms with Gasteiger partial charge in [-0.2, -0.15) is 18.2 Å². The predicted octanol–water partition coefficient (Wildman–Crippen LogP) is 4.76. The number of alkyl halides is 3. The normalized spacial score (nSPS) is 12.7. The Bertz CT molecular complexity index is 968. The van der Waals surface area contributed by atoms with Gasteiger partial charge in [0, 0.05) is 25.9 Å². The number of aryl methyl sites for hydroxylation is 1. The van der Waals surface area contributed by atoms with Crippen molar-refractivity contribution in [3.63, 3.8) is 0 Å². The first-order valence-corrected chi connectivity index (χ1v) is 8.74. The molecule has 0 amide bonds. The maximum atomic E-state index is 12.9. The van der Waals surface area contributed by atoms with Crippen LogP contribution in [-0.2, 0) is 13.2 Å². The Balaban J connectivity index is 1.81. The lowest BCUT2D eigenvalue weighted by Gasteiger charge is -2.17. The first-order chi connectivity index (χ1) is 13.2. The Labute approximate surface area is 164 Å². The SMILES string of the molecule is CNc1cnc(Cl)nc1N[C@H](C)c1ccc(-c2nc(C(F)(F)F)cn2C)cc1. The molecule has 28 heavy (non-hydrogen) atoms. The number of rotatable bonds is 5. The van der Waals surface area contributed by atoms with E-state index in [2.05, 4.69) is 25.6 Å². The van der Waals surface area contributed by atoms with Crippen LogP contribution in [0.25, 0.3) is 11.4 Å². The minimum Gasteiger partial charge on any atom is -0.384 e. The highest BCUT2D eigenvalue weighted by molar-refractivity contribution is 6.28. The van der Waals surface area contributed by atoms with E-state index in [1.807, 2.05) is 19.1 Å². The fourth-order valence-corrected chi connectivity index (χ4v) is 2.87. The summed E-state index contributed by atoms with van der Waals surface area (Å²) in [5, 5.41) is 6.35. The smallest absolute Gasteiger partial charge is 0.384 e. The van der Waals surface area contributed by atoms with Crippen LogP contribution in [-0.4, -0.2) is 26.6 Å². The summed E-state index contributed by atoms with van der Waals surface area (Å²) in [5.74, 6) is 0.803. The molecule has 2 aromatic heterocycles. The minimum absolute atomic E-state index is 0.124. The van der Waals surface area contributed by atoms with E-state index in [1.54, 1.807) is 25.4 Å². The summed E-state index contributed by atoms with van der Waals surface area (Å²) in [5.41, 5.74) is 1.30. The van der Waals surface area contributed by atoms with Gasteiger partial charge in [0.2, 0.25) is 5.28 Å². The van der Waals surface area contributed by atoms with Crippen LogP contribution in [0.4, 0.5) is 24.7 Å². The topological polar surface area (TPSA) is 67.7 Å². The van der Waals surface area contributed by atoms with E-state index in [0.29, 0.717) is 17.1 Å². The molecule has 0 radical (unpaired) electrons. The van der Waals surface area contributed by atoms with Gasteiger partial charge in [0.05, 0.1) is 17.9 Å². The van der Waals surface area contributed by atoms with Crippen LogP contribution in [0.15, 0.2) is 36.7 Å². The van der Waals surface area contributed by atoms with Crippen molar-refractivity contribution >= 4 is 23.1 Å². The maximum Gasteiger partial charge on any atom is 0.434 e. The molecule has 2 N–H and O–H groups in total. The number of imidazole rings is 1. The molecule has 3 aromatic rings. The molecule has 0 aliphatic rings. The van der Waals surface area contributed by atoms with Crippen molar-refractivity contribution in [2.75, 3.05) is 17.7 Å². The van der Waals surface area contributed by atoms with Crippen LogP contribution in [0, 0.1) is 0 Å². The number of benzene rings is 1. The van der Waals surface area contributed by atoms with Crippen LogP contribution >= 0.6 is 11.6 Å². The zero-order chi connectivity index (χ0) is 20.5. The molecule has 6 nitrogen and oxygen atoms in total. The highest BCUT2D eigenvalue weighted by Crippen LogP contribution is 2.31. The molecule has 148 valence electrons. The van der Waals surface area contributed by atoms with Crippen molar-refractivity contribution < 1.29 is 13.2 Å². The number of aromatic nitrogens is 4. The van der Waals surface area contributed by atoms with Crippen LogP contribution in [0.5, 0.6) is 0 Å². The molecule has 0 aliphatic carbocycles. The van der Waals surface area contributed by atoms with Gasteiger partial charge in [-0.3, -0.25) is 0 Å². The molecular formula is C18H18ClF3N6. The highest BCUT2D eigenvalue weighted by Gasteiger charge is 2.34. The summed E-state index contributed by atoms with van der Waals surface area (Å²) in [6.07, 6.45) is -1.92. The molecule has 1 atom stereocenters. The highest BCUT2D eigenvalue weighted by atomic mass is 35.5. The van der Waals surface area contributed by atoms with E-state index >= 15 is 0 Å². The Hall–Kier alpha value is -2.81. The minimum atomic E-state index is -4.47. The summed E-state index contributed by atoms with van der Waals surface area (Å²) in [4.78, 5) is 11.8. The molecule has 0 bridgehead atoms. The Morgan fingerprint density at radius 1 is 1.14 bits per heavy atom. The zero-order valence-electron chi connectivity index (χ0n) is 15.3. The summed E-state index contributed by atoms with van der Waals surface area (Å²) < 4.78 is 39.9. The van der Waals surface area contributed by atoms with Crippen molar-refractivity contribution in [2.45, 2.75) is 19.1 Å². The van der Waals surface area contributed by atoms with Crippen LogP contribution in [0.2, 0.25) is 5.28 Å². The monoisotopic (exact) mass is 410 g/mol. The molecule has 10 heteroatoms. The zero-order valence-corrected chi connectivity index (χ0v) is 16.1. The molecule has 2 heterocycles. The maximum absolute atomic E-state index is 12.9. The Morgan fingerprint density at radius 3 is 2.39 bits per heavy atom. The molecule has 0 unspecified atom stereocenters. The van der Waals surface area contributed by atoms with Crippen molar-refractivity contribution in [3.8, 4) is 11.4 Å². The first-order valence-electron chi connectivity index (χ1n) is 8.36. The van der Waals surface area contributed by atoms with Gasteiger partial charge in [0.1, 0.15) is 5.82 Å². The van der Waals surface area contributed by atoms with E-state index in [1.165, 1.54) is 11.6 Å². The third-order valence-corrected chi connectivity index (χ3v) is 4.40. The van der Waals surface area contributed by atoms with E-state index in [0.717, 1.165) is 11.8 Å². The lowest BCUT2D eigenvalue weighted by molar-refractivity contribution is -0.140. The second kappa shape index (κ2) is 7.67. The molecule has 0 saturated carbocycles. The van der Waals surface area contributed by atoms with Crippen LogP contribution < -0.4 is 10.6 Å². The summed E-state index contributed by atoms with van der Waals surface area (Å²) in [6, 6.07) is 7.01.